The number of carbonyl (C=O) groups excluding carboxylic acids is 2. The summed E-state index contributed by atoms with van der Waals surface area (Å²) in [6.45, 7) is 3.01. The number of anilines is 2. The third-order valence-electron chi connectivity index (χ3n) is 7.14. The molecule has 40 heavy (non-hydrogen) atoms. The van der Waals surface area contributed by atoms with Gasteiger partial charge in [0.15, 0.2) is 5.82 Å². The number of likely N-dealkylation sites (N-methyl/N-ethyl adjacent to an activating group) is 1. The number of nitriles is 1. The van der Waals surface area contributed by atoms with Gasteiger partial charge in [-0.2, -0.15) is 18.4 Å². The lowest BCUT2D eigenvalue weighted by molar-refractivity contribution is -0.137. The summed E-state index contributed by atoms with van der Waals surface area (Å²) in [6.07, 6.45) is -3.37. The molecule has 3 amide bonds. The molecule has 3 heterocycles. The number of carbonyl (C=O) groups is 2. The smallest absolute Gasteiger partial charge is 0.320 e. The molecule has 0 saturated carbocycles. The highest BCUT2D eigenvalue weighted by Crippen LogP contribution is 2.35. The first-order valence-electron chi connectivity index (χ1n) is 12.5. The molecule has 8 nitrogen and oxygen atoms in total. The van der Waals surface area contributed by atoms with Gasteiger partial charge < -0.3 is 14.7 Å². The summed E-state index contributed by atoms with van der Waals surface area (Å²) in [7, 11) is 1.20. The van der Waals surface area contributed by atoms with Crippen LogP contribution in [0, 0.1) is 35.8 Å². The number of benzene rings is 1. The zero-order valence-corrected chi connectivity index (χ0v) is 22.4. The van der Waals surface area contributed by atoms with E-state index in [2.05, 4.69) is 16.0 Å². The number of nitrogens with zero attached hydrogens (tertiary/aromatic N) is 6. The average molecular weight is 585 g/mol. The highest BCUT2D eigenvalue weighted by Gasteiger charge is 2.45. The number of hydrogen-bond acceptors (Lipinski definition) is 5. The van der Waals surface area contributed by atoms with Gasteiger partial charge >= 0.3 is 12.2 Å². The summed E-state index contributed by atoms with van der Waals surface area (Å²) in [5.74, 6) is -3.47. The Hall–Kier alpha value is -3.50. The molecule has 1 unspecified atom stereocenters. The van der Waals surface area contributed by atoms with E-state index < -0.39 is 46.4 Å². The molecule has 0 N–H and O–H groups in total. The Bertz CT molecular complexity index is 1340. The summed E-state index contributed by atoms with van der Waals surface area (Å²) in [6, 6.07) is 3.55. The Labute approximate surface area is 232 Å². The number of piperidine rings is 1. The first-order chi connectivity index (χ1) is 18.8. The predicted molar refractivity (Wildman–Crippen MR) is 137 cm³/mol. The van der Waals surface area contributed by atoms with Crippen molar-refractivity contribution in [3.05, 3.63) is 52.2 Å². The van der Waals surface area contributed by atoms with E-state index in [1.807, 2.05) is 0 Å². The zero-order chi connectivity index (χ0) is 29.4. The number of rotatable bonds is 6. The highest BCUT2D eigenvalue weighted by molar-refractivity contribution is 6.31. The van der Waals surface area contributed by atoms with Crippen LogP contribution < -0.4 is 9.80 Å². The highest BCUT2D eigenvalue weighted by atomic mass is 35.5. The lowest BCUT2D eigenvalue weighted by Crippen LogP contribution is -2.47. The summed E-state index contributed by atoms with van der Waals surface area (Å²) in [4.78, 5) is 36.4. The minimum Gasteiger partial charge on any atom is -0.320 e. The predicted octanol–water partition coefficient (Wildman–Crippen LogP) is 4.85. The van der Waals surface area contributed by atoms with E-state index in [1.54, 1.807) is 0 Å². The van der Waals surface area contributed by atoms with E-state index in [0.29, 0.717) is 38.5 Å². The Morgan fingerprint density at radius 1 is 1.20 bits per heavy atom. The SMILES string of the molecule is Cc1cc(C(F)(F)F)cc(N2C(=O)N(CCN3CCC(C#N)CC3)CC2C(=O)N(C)c2ccc(F)c(Cl)c2F)n1. The van der Waals surface area contributed by atoms with Crippen molar-refractivity contribution < 1.29 is 31.5 Å². The van der Waals surface area contributed by atoms with Crippen LogP contribution in [0.4, 0.5) is 38.3 Å². The summed E-state index contributed by atoms with van der Waals surface area (Å²) in [5.41, 5.74) is -1.43. The molecule has 1 aromatic carbocycles. The Morgan fingerprint density at radius 3 is 2.50 bits per heavy atom. The lowest BCUT2D eigenvalue weighted by atomic mass is 9.99. The molecule has 14 heteroatoms. The van der Waals surface area contributed by atoms with Gasteiger partial charge in [0.05, 0.1) is 23.9 Å². The molecule has 2 aromatic rings. The quantitative estimate of drug-likeness (QED) is 0.358. The van der Waals surface area contributed by atoms with Gasteiger partial charge in [0.1, 0.15) is 22.7 Å². The molecular formula is C26H26ClF5N6O2. The number of aryl methyl sites for hydroxylation is 1. The largest absolute Gasteiger partial charge is 0.416 e. The molecular weight excluding hydrogens is 559 g/mol. The number of halogens is 6. The minimum absolute atomic E-state index is 0.0210. The molecule has 1 atom stereocenters. The first kappa shape index (κ1) is 29.5. The molecule has 2 saturated heterocycles. The fraction of sp³-hybridized carbons (Fsp3) is 0.462. The number of hydrogen-bond donors (Lipinski definition) is 0. The van der Waals surface area contributed by atoms with Gasteiger partial charge in [-0.3, -0.25) is 9.69 Å². The second-order valence-corrected chi connectivity index (χ2v) is 10.2. The molecule has 214 valence electrons. The summed E-state index contributed by atoms with van der Waals surface area (Å²) < 4.78 is 69.2. The van der Waals surface area contributed by atoms with E-state index >= 15 is 0 Å². The van der Waals surface area contributed by atoms with Crippen LogP contribution in [0.15, 0.2) is 24.3 Å². The maximum absolute atomic E-state index is 14.7. The van der Waals surface area contributed by atoms with Crippen LogP contribution in [0.3, 0.4) is 0 Å². The molecule has 4 rings (SSSR count). The molecule has 2 aliphatic heterocycles. The standard InChI is InChI=1S/C26H26ClF5N6O2/c1-15-11-17(26(30,31)32)12-21(34-15)38-20(24(39)35(2)19-4-3-18(28)22(27)23(19)29)14-37(25(38)40)10-9-36-7-5-16(13-33)6-8-36/h3-4,11-12,16,20H,5-10,14H2,1-2H3. The van der Waals surface area contributed by atoms with Crippen LogP contribution in [0.5, 0.6) is 0 Å². The second-order valence-electron chi connectivity index (χ2n) is 9.80. The number of alkyl halides is 3. The van der Waals surface area contributed by atoms with Crippen molar-refractivity contribution in [3.63, 3.8) is 0 Å². The Kier molecular flexibility index (Phi) is 8.51. The van der Waals surface area contributed by atoms with Crippen molar-refractivity contribution in [1.82, 2.24) is 14.8 Å². The average Bonchev–Trinajstić information content (AvgIpc) is 3.25. The molecule has 0 aliphatic carbocycles. The van der Waals surface area contributed by atoms with Crippen molar-refractivity contribution in [1.29, 1.82) is 5.26 Å². The van der Waals surface area contributed by atoms with E-state index in [1.165, 1.54) is 18.9 Å². The molecule has 0 spiro atoms. The number of likely N-dealkylation sites (tertiary alicyclic amines) is 1. The number of urea groups is 1. The summed E-state index contributed by atoms with van der Waals surface area (Å²) in [5, 5.41) is 8.28. The van der Waals surface area contributed by atoms with Crippen molar-refractivity contribution in [2.75, 3.05) is 49.6 Å². The fourth-order valence-corrected chi connectivity index (χ4v) is 5.05. The molecule has 2 aliphatic rings. The van der Waals surface area contributed by atoms with Crippen molar-refractivity contribution >= 4 is 35.0 Å². The van der Waals surface area contributed by atoms with Crippen molar-refractivity contribution in [2.24, 2.45) is 5.92 Å². The number of pyridine rings is 1. The van der Waals surface area contributed by atoms with E-state index in [9.17, 15) is 31.5 Å². The van der Waals surface area contributed by atoms with E-state index in [-0.39, 0.29) is 36.2 Å². The minimum atomic E-state index is -4.73. The van der Waals surface area contributed by atoms with Crippen LogP contribution in [0.1, 0.15) is 24.1 Å². The Morgan fingerprint density at radius 2 is 1.88 bits per heavy atom. The van der Waals surface area contributed by atoms with Crippen LogP contribution in [0.2, 0.25) is 5.02 Å². The van der Waals surface area contributed by atoms with Crippen LogP contribution in [-0.4, -0.2) is 72.5 Å². The molecule has 2 fully saturated rings. The van der Waals surface area contributed by atoms with Gasteiger partial charge in [0.25, 0.3) is 5.91 Å². The van der Waals surface area contributed by atoms with E-state index in [0.717, 1.165) is 28.0 Å². The van der Waals surface area contributed by atoms with Crippen LogP contribution >= 0.6 is 11.6 Å². The number of amides is 3. The Balaban J connectivity index is 1.64. The maximum atomic E-state index is 14.7. The first-order valence-corrected chi connectivity index (χ1v) is 12.9. The zero-order valence-electron chi connectivity index (χ0n) is 21.7. The van der Waals surface area contributed by atoms with Gasteiger partial charge in [-0.25, -0.2) is 18.6 Å². The third kappa shape index (κ3) is 5.97. The van der Waals surface area contributed by atoms with Gasteiger partial charge in [-0.1, -0.05) is 11.6 Å². The fourth-order valence-electron chi connectivity index (χ4n) is 4.89. The monoisotopic (exact) mass is 584 g/mol. The molecule has 1 aromatic heterocycles. The van der Waals surface area contributed by atoms with Gasteiger partial charge in [-0.05, 0) is 57.1 Å². The second kappa shape index (κ2) is 11.5. The molecule has 0 bridgehead atoms. The van der Waals surface area contributed by atoms with Gasteiger partial charge in [-0.15, -0.1) is 0 Å². The topological polar surface area (TPSA) is 83.8 Å². The lowest BCUT2D eigenvalue weighted by Gasteiger charge is -2.30. The normalized spacial score (nSPS) is 18.8. The van der Waals surface area contributed by atoms with Gasteiger partial charge in [0.2, 0.25) is 0 Å². The van der Waals surface area contributed by atoms with Gasteiger partial charge in [0, 0.05) is 31.7 Å². The van der Waals surface area contributed by atoms with Crippen molar-refractivity contribution in [2.45, 2.75) is 32.0 Å². The third-order valence-corrected chi connectivity index (χ3v) is 7.49. The summed E-state index contributed by atoms with van der Waals surface area (Å²) >= 11 is 5.67. The maximum Gasteiger partial charge on any atom is 0.416 e. The van der Waals surface area contributed by atoms with Crippen LogP contribution in [-0.2, 0) is 11.0 Å². The van der Waals surface area contributed by atoms with E-state index in [4.69, 9.17) is 16.9 Å². The molecule has 0 radical (unpaired) electrons. The van der Waals surface area contributed by atoms with Crippen LogP contribution in [0.25, 0.3) is 0 Å². The van der Waals surface area contributed by atoms with Crippen molar-refractivity contribution in [3.8, 4) is 6.07 Å². The number of aromatic nitrogens is 1.